The standard InChI is InChI=1S/C19H20BrClFN5O2.C9H10BrClFNO.C2H6O/c1-10(11-7-12(21)15(22)14(20)17(11)28-2)26-18-16-19(24-8-23-18)27(9-25-16)13-5-3-4-6-29-13;1-4(13)5-3-6(11)8(12)7(10)9(5)14-2;1-2-3/h7-10,13H,3-6H2,1-2H3,(H,23,24,26);3-4H,13H2,1-2H3;3H,2H2,1H3. The van der Waals surface area contributed by atoms with E-state index in [4.69, 9.17) is 48.3 Å². The number of halogens is 6. The molecule has 3 unspecified atom stereocenters. The predicted molar refractivity (Wildman–Crippen MR) is 183 cm³/mol. The SMILES string of the molecule is CCO.COc1c(C(C)N)cc(Cl)c(F)c1Br.COc1c(C(C)Nc2ncnc3c2ncn3C2CCCCO2)cc(Cl)c(F)c1Br. The first-order valence-electron chi connectivity index (χ1n) is 14.3. The Hall–Kier alpha value is -2.33. The summed E-state index contributed by atoms with van der Waals surface area (Å²) in [6.45, 7) is 6.35. The molecule has 3 atom stereocenters. The molecule has 2 aromatic carbocycles. The summed E-state index contributed by atoms with van der Waals surface area (Å²) in [5.41, 5.74) is 8.40. The Balaban J connectivity index is 0.000000284. The van der Waals surface area contributed by atoms with Crippen molar-refractivity contribution in [1.29, 1.82) is 0 Å². The van der Waals surface area contributed by atoms with Gasteiger partial charge in [0.15, 0.2) is 28.6 Å². The van der Waals surface area contributed by atoms with Crippen molar-refractivity contribution in [3.63, 3.8) is 0 Å². The summed E-state index contributed by atoms with van der Waals surface area (Å²) in [6.07, 6.45) is 6.26. The third-order valence-electron chi connectivity index (χ3n) is 6.84. The number of nitrogens with one attached hydrogen (secondary N) is 1. The van der Waals surface area contributed by atoms with Gasteiger partial charge in [-0.3, -0.25) is 4.57 Å². The first-order valence-corrected chi connectivity index (χ1v) is 16.6. The summed E-state index contributed by atoms with van der Waals surface area (Å²) in [5.74, 6) is 0.235. The number of aromatic nitrogens is 4. The predicted octanol–water partition coefficient (Wildman–Crippen LogP) is 8.53. The minimum atomic E-state index is -0.560. The van der Waals surface area contributed by atoms with Crippen LogP contribution in [-0.2, 0) is 4.74 Å². The highest BCUT2D eigenvalue weighted by atomic mass is 79.9. The molecule has 46 heavy (non-hydrogen) atoms. The van der Waals surface area contributed by atoms with Gasteiger partial charge in [0.05, 0.1) is 45.6 Å². The van der Waals surface area contributed by atoms with Gasteiger partial charge in [-0.05, 0) is 84.0 Å². The Morgan fingerprint density at radius 2 is 1.61 bits per heavy atom. The molecule has 1 aliphatic rings. The van der Waals surface area contributed by atoms with Crippen LogP contribution < -0.4 is 20.5 Å². The minimum Gasteiger partial charge on any atom is -0.495 e. The largest absolute Gasteiger partial charge is 0.495 e. The van der Waals surface area contributed by atoms with Crippen LogP contribution in [0.4, 0.5) is 14.6 Å². The zero-order valence-corrected chi connectivity index (χ0v) is 30.6. The van der Waals surface area contributed by atoms with Crippen LogP contribution in [0.25, 0.3) is 11.2 Å². The van der Waals surface area contributed by atoms with Crippen LogP contribution in [0.15, 0.2) is 33.7 Å². The number of rotatable bonds is 7. The average Bonchev–Trinajstić information content (AvgIpc) is 3.48. The van der Waals surface area contributed by atoms with Gasteiger partial charge in [0.2, 0.25) is 0 Å². The first kappa shape index (κ1) is 38.1. The number of aliphatic hydroxyl groups is 1. The Bertz CT molecular complexity index is 1630. The van der Waals surface area contributed by atoms with E-state index in [2.05, 4.69) is 52.1 Å². The highest BCUT2D eigenvalue weighted by Crippen LogP contribution is 2.40. The van der Waals surface area contributed by atoms with Crippen molar-refractivity contribution >= 4 is 72.0 Å². The van der Waals surface area contributed by atoms with E-state index in [1.807, 2.05) is 11.5 Å². The molecule has 1 fully saturated rings. The number of fused-ring (bicyclic) bond motifs is 1. The molecule has 3 heterocycles. The minimum absolute atomic E-state index is 0.00730. The number of nitrogens with two attached hydrogens (primary N) is 1. The van der Waals surface area contributed by atoms with Crippen LogP contribution >= 0.6 is 55.1 Å². The van der Waals surface area contributed by atoms with Crippen molar-refractivity contribution in [2.24, 2.45) is 5.73 Å². The average molecular weight is 813 g/mol. The van der Waals surface area contributed by atoms with Gasteiger partial charge in [-0.25, -0.2) is 23.7 Å². The lowest BCUT2D eigenvalue weighted by Crippen LogP contribution is -2.17. The lowest BCUT2D eigenvalue weighted by Gasteiger charge is -2.23. The molecule has 1 aliphatic heterocycles. The fourth-order valence-electron chi connectivity index (χ4n) is 4.66. The molecule has 0 bridgehead atoms. The van der Waals surface area contributed by atoms with Crippen molar-refractivity contribution in [2.75, 3.05) is 32.8 Å². The summed E-state index contributed by atoms with van der Waals surface area (Å²) in [4.78, 5) is 13.2. The molecule has 4 N–H and O–H groups in total. The number of hydrogen-bond donors (Lipinski definition) is 3. The van der Waals surface area contributed by atoms with E-state index < -0.39 is 11.6 Å². The van der Waals surface area contributed by atoms with Crippen molar-refractivity contribution in [3.8, 4) is 11.5 Å². The molecular weight excluding hydrogens is 777 g/mol. The normalized spacial score (nSPS) is 15.6. The van der Waals surface area contributed by atoms with E-state index in [0.717, 1.165) is 25.9 Å². The second-order valence-corrected chi connectivity index (χ2v) is 12.5. The third-order valence-corrected chi connectivity index (χ3v) is 8.80. The summed E-state index contributed by atoms with van der Waals surface area (Å²) in [7, 11) is 2.94. The number of imidazole rings is 1. The van der Waals surface area contributed by atoms with Crippen molar-refractivity contribution in [3.05, 3.63) is 66.5 Å². The van der Waals surface area contributed by atoms with Crippen LogP contribution in [0.5, 0.6) is 11.5 Å². The summed E-state index contributed by atoms with van der Waals surface area (Å²) in [5, 5.41) is 10.9. The maximum Gasteiger partial charge on any atom is 0.167 e. The molecule has 252 valence electrons. The van der Waals surface area contributed by atoms with Crippen molar-refractivity contribution in [1.82, 2.24) is 19.5 Å². The molecular formula is C30H36Br2Cl2F2N6O4. The second kappa shape index (κ2) is 17.7. The highest BCUT2D eigenvalue weighted by molar-refractivity contribution is 9.11. The Kier molecular flexibility index (Phi) is 14.7. The van der Waals surface area contributed by atoms with Gasteiger partial charge in [-0.15, -0.1) is 0 Å². The summed E-state index contributed by atoms with van der Waals surface area (Å²) >= 11 is 18.0. The van der Waals surface area contributed by atoms with Gasteiger partial charge in [0.1, 0.15) is 24.1 Å². The van der Waals surface area contributed by atoms with Crippen LogP contribution in [0.1, 0.15) is 69.5 Å². The monoisotopic (exact) mass is 810 g/mol. The van der Waals surface area contributed by atoms with Crippen LogP contribution in [-0.4, -0.2) is 52.1 Å². The lowest BCUT2D eigenvalue weighted by molar-refractivity contribution is -0.0298. The van der Waals surface area contributed by atoms with Crippen molar-refractivity contribution < 1.29 is 28.1 Å². The van der Waals surface area contributed by atoms with Crippen LogP contribution in [0.2, 0.25) is 10.0 Å². The maximum atomic E-state index is 14.1. The fraction of sp³-hybridized carbons (Fsp3) is 0.433. The quantitative estimate of drug-likeness (QED) is 0.157. The summed E-state index contributed by atoms with van der Waals surface area (Å²) in [6, 6.07) is 2.48. The van der Waals surface area contributed by atoms with Gasteiger partial charge in [0.25, 0.3) is 0 Å². The van der Waals surface area contributed by atoms with Gasteiger partial charge in [0, 0.05) is 30.4 Å². The molecule has 0 amide bonds. The molecule has 1 saturated heterocycles. The third kappa shape index (κ3) is 8.77. The van der Waals surface area contributed by atoms with E-state index in [1.165, 1.54) is 26.6 Å². The van der Waals surface area contributed by atoms with Gasteiger partial charge < -0.3 is 30.4 Å². The van der Waals surface area contributed by atoms with Gasteiger partial charge >= 0.3 is 0 Å². The maximum absolute atomic E-state index is 14.1. The van der Waals surface area contributed by atoms with E-state index in [9.17, 15) is 8.78 Å². The smallest absolute Gasteiger partial charge is 0.167 e. The lowest BCUT2D eigenvalue weighted by atomic mass is 10.1. The molecule has 0 radical (unpaired) electrons. The van der Waals surface area contributed by atoms with E-state index >= 15 is 0 Å². The van der Waals surface area contributed by atoms with E-state index in [1.54, 1.807) is 26.2 Å². The topological polar surface area (TPSA) is 130 Å². The number of ether oxygens (including phenoxy) is 3. The number of benzene rings is 2. The number of methoxy groups -OCH3 is 2. The molecule has 0 aliphatic carbocycles. The van der Waals surface area contributed by atoms with Crippen molar-refractivity contribution in [2.45, 2.75) is 58.3 Å². The zero-order chi connectivity index (χ0) is 34.1. The molecule has 10 nitrogen and oxygen atoms in total. The molecule has 4 aromatic rings. The van der Waals surface area contributed by atoms with Crippen LogP contribution in [0.3, 0.4) is 0 Å². The molecule has 0 spiro atoms. The van der Waals surface area contributed by atoms with E-state index in [0.29, 0.717) is 39.6 Å². The van der Waals surface area contributed by atoms with Crippen LogP contribution in [0, 0.1) is 11.6 Å². The second-order valence-electron chi connectivity index (χ2n) is 10.1. The Morgan fingerprint density at radius 3 is 2.13 bits per heavy atom. The Labute approximate surface area is 293 Å². The first-order chi connectivity index (χ1) is 21.9. The Morgan fingerprint density at radius 1 is 1.04 bits per heavy atom. The number of nitrogens with zero attached hydrogens (tertiary/aromatic N) is 4. The number of aliphatic hydroxyl groups excluding tert-OH is 1. The number of hydrogen-bond acceptors (Lipinski definition) is 9. The van der Waals surface area contributed by atoms with E-state index in [-0.39, 0.29) is 43.9 Å². The molecule has 2 aromatic heterocycles. The molecule has 0 saturated carbocycles. The zero-order valence-electron chi connectivity index (χ0n) is 25.9. The molecule has 5 rings (SSSR count). The van der Waals surface area contributed by atoms with Gasteiger partial charge in [-0.1, -0.05) is 23.2 Å². The number of anilines is 1. The summed E-state index contributed by atoms with van der Waals surface area (Å²) < 4.78 is 46.1. The fourth-order valence-corrected chi connectivity index (χ4v) is 6.52. The van der Waals surface area contributed by atoms with Gasteiger partial charge in [-0.2, -0.15) is 0 Å². The highest BCUT2D eigenvalue weighted by Gasteiger charge is 2.24. The molecule has 16 heteroatoms.